The standard InChI is InChI=1S/C10H13BrN6S/c1-2-6-3-13-7(18-6)4-14-9-8(11)10(17-12)16-5-15-9/h3,5H,2,4,12H2,1H3,(H2,14,15,16,17). The molecule has 0 aromatic carbocycles. The second-order valence-electron chi connectivity index (χ2n) is 3.46. The van der Waals surface area contributed by atoms with E-state index in [0.717, 1.165) is 11.4 Å². The topological polar surface area (TPSA) is 88.8 Å². The molecule has 6 nitrogen and oxygen atoms in total. The first-order valence-corrected chi connectivity index (χ1v) is 7.00. The van der Waals surface area contributed by atoms with Gasteiger partial charge in [-0.25, -0.2) is 20.8 Å². The Hall–Kier alpha value is -1.25. The molecule has 0 radical (unpaired) electrons. The molecule has 4 N–H and O–H groups in total. The number of nitrogens with one attached hydrogen (secondary N) is 2. The van der Waals surface area contributed by atoms with Crippen LogP contribution in [-0.4, -0.2) is 15.0 Å². The molecule has 0 saturated carbocycles. The summed E-state index contributed by atoms with van der Waals surface area (Å²) in [4.78, 5) is 13.7. The highest BCUT2D eigenvalue weighted by Gasteiger charge is 2.08. The highest BCUT2D eigenvalue weighted by Crippen LogP contribution is 2.26. The van der Waals surface area contributed by atoms with Gasteiger partial charge in [0.2, 0.25) is 0 Å². The van der Waals surface area contributed by atoms with Crippen LogP contribution in [0, 0.1) is 0 Å². The van der Waals surface area contributed by atoms with E-state index >= 15 is 0 Å². The third-order valence-corrected chi connectivity index (χ3v) is 4.18. The minimum absolute atomic E-state index is 0.542. The first kappa shape index (κ1) is 13.2. The Kier molecular flexibility index (Phi) is 4.45. The van der Waals surface area contributed by atoms with Gasteiger partial charge in [-0.15, -0.1) is 11.3 Å². The van der Waals surface area contributed by atoms with Gasteiger partial charge in [0, 0.05) is 11.1 Å². The van der Waals surface area contributed by atoms with Crippen molar-refractivity contribution in [3.63, 3.8) is 0 Å². The van der Waals surface area contributed by atoms with Crippen molar-refractivity contribution >= 4 is 38.9 Å². The number of hydrogen-bond acceptors (Lipinski definition) is 7. The minimum Gasteiger partial charge on any atom is -0.362 e. The Labute approximate surface area is 117 Å². The average Bonchev–Trinajstić information content (AvgIpc) is 2.85. The third-order valence-electron chi connectivity index (χ3n) is 2.28. The smallest absolute Gasteiger partial charge is 0.159 e. The molecular weight excluding hydrogens is 316 g/mol. The molecular formula is C10H13BrN6S. The number of aryl methyl sites for hydroxylation is 1. The molecule has 0 aliphatic heterocycles. The van der Waals surface area contributed by atoms with Crippen LogP contribution >= 0.6 is 27.3 Å². The fraction of sp³-hybridized carbons (Fsp3) is 0.300. The molecule has 0 aliphatic rings. The quantitative estimate of drug-likeness (QED) is 0.575. The third kappa shape index (κ3) is 2.95. The van der Waals surface area contributed by atoms with Crippen molar-refractivity contribution in [1.29, 1.82) is 0 Å². The summed E-state index contributed by atoms with van der Waals surface area (Å²) >= 11 is 5.08. The summed E-state index contributed by atoms with van der Waals surface area (Å²) in [6.07, 6.45) is 4.36. The molecule has 0 spiro atoms. The van der Waals surface area contributed by atoms with Crippen LogP contribution in [0.15, 0.2) is 17.0 Å². The number of aromatic nitrogens is 3. The number of hydrogen-bond donors (Lipinski definition) is 3. The summed E-state index contributed by atoms with van der Waals surface area (Å²) in [6, 6.07) is 0. The predicted octanol–water partition coefficient (Wildman–Crippen LogP) is 2.16. The van der Waals surface area contributed by atoms with Crippen LogP contribution in [0.4, 0.5) is 11.6 Å². The molecule has 8 heteroatoms. The van der Waals surface area contributed by atoms with Crippen molar-refractivity contribution in [2.24, 2.45) is 5.84 Å². The maximum atomic E-state index is 5.34. The summed E-state index contributed by atoms with van der Waals surface area (Å²) in [5, 5.41) is 4.22. The molecule has 0 aliphatic carbocycles. The second kappa shape index (κ2) is 6.07. The molecule has 0 amide bonds. The number of thiazole rings is 1. The highest BCUT2D eigenvalue weighted by atomic mass is 79.9. The van der Waals surface area contributed by atoms with Gasteiger partial charge in [-0.05, 0) is 22.4 Å². The molecule has 0 atom stereocenters. The van der Waals surface area contributed by atoms with Gasteiger partial charge in [0.25, 0.3) is 0 Å². The maximum Gasteiger partial charge on any atom is 0.159 e. The largest absolute Gasteiger partial charge is 0.362 e. The fourth-order valence-corrected chi connectivity index (χ4v) is 2.61. The molecule has 0 unspecified atom stereocenters. The summed E-state index contributed by atoms with van der Waals surface area (Å²) in [6.45, 7) is 2.75. The second-order valence-corrected chi connectivity index (χ2v) is 5.45. The van der Waals surface area contributed by atoms with E-state index in [9.17, 15) is 0 Å². The zero-order valence-electron chi connectivity index (χ0n) is 9.77. The van der Waals surface area contributed by atoms with Crippen LogP contribution in [0.5, 0.6) is 0 Å². The molecule has 18 heavy (non-hydrogen) atoms. The number of nitrogens with zero attached hydrogens (tertiary/aromatic N) is 3. The molecule has 96 valence electrons. The highest BCUT2D eigenvalue weighted by molar-refractivity contribution is 9.10. The first-order chi connectivity index (χ1) is 8.74. The van der Waals surface area contributed by atoms with E-state index in [-0.39, 0.29) is 0 Å². The Bertz CT molecular complexity index is 529. The average molecular weight is 329 g/mol. The lowest BCUT2D eigenvalue weighted by Gasteiger charge is -2.08. The molecule has 2 heterocycles. The summed E-state index contributed by atoms with van der Waals surface area (Å²) < 4.78 is 0.708. The monoisotopic (exact) mass is 328 g/mol. The lowest BCUT2D eigenvalue weighted by Crippen LogP contribution is -2.11. The van der Waals surface area contributed by atoms with Gasteiger partial charge in [0.05, 0.1) is 6.54 Å². The SMILES string of the molecule is CCc1cnc(CNc2ncnc(NN)c2Br)s1. The molecule has 2 aromatic rings. The van der Waals surface area contributed by atoms with Crippen LogP contribution < -0.4 is 16.6 Å². The van der Waals surface area contributed by atoms with Gasteiger partial charge >= 0.3 is 0 Å². The number of nitrogen functional groups attached to an aromatic ring is 1. The van der Waals surface area contributed by atoms with Gasteiger partial charge in [-0.3, -0.25) is 0 Å². The van der Waals surface area contributed by atoms with Crippen LogP contribution in [-0.2, 0) is 13.0 Å². The zero-order valence-corrected chi connectivity index (χ0v) is 12.2. The van der Waals surface area contributed by atoms with Gasteiger partial charge in [0.1, 0.15) is 21.6 Å². The minimum atomic E-state index is 0.542. The molecule has 2 rings (SSSR count). The van der Waals surface area contributed by atoms with E-state index in [0.29, 0.717) is 22.7 Å². The number of anilines is 2. The maximum absolute atomic E-state index is 5.34. The van der Waals surface area contributed by atoms with Crippen molar-refractivity contribution in [3.05, 3.63) is 26.9 Å². The molecule has 0 bridgehead atoms. The molecule has 2 aromatic heterocycles. The number of rotatable bonds is 5. The Morgan fingerprint density at radius 2 is 2.11 bits per heavy atom. The van der Waals surface area contributed by atoms with Crippen LogP contribution in [0.2, 0.25) is 0 Å². The van der Waals surface area contributed by atoms with Crippen LogP contribution in [0.1, 0.15) is 16.8 Å². The Balaban J connectivity index is 2.06. The predicted molar refractivity (Wildman–Crippen MR) is 76.4 cm³/mol. The lowest BCUT2D eigenvalue weighted by atomic mass is 10.4. The van der Waals surface area contributed by atoms with Crippen molar-refractivity contribution in [1.82, 2.24) is 15.0 Å². The van der Waals surface area contributed by atoms with Gasteiger partial charge in [-0.1, -0.05) is 6.92 Å². The first-order valence-electron chi connectivity index (χ1n) is 5.39. The summed E-state index contributed by atoms with van der Waals surface area (Å²) in [5.74, 6) is 6.57. The van der Waals surface area contributed by atoms with Gasteiger partial charge in [0.15, 0.2) is 5.82 Å². The normalized spacial score (nSPS) is 10.4. The van der Waals surface area contributed by atoms with Crippen molar-refractivity contribution in [2.75, 3.05) is 10.7 Å². The van der Waals surface area contributed by atoms with Crippen LogP contribution in [0.3, 0.4) is 0 Å². The molecule has 0 saturated heterocycles. The van der Waals surface area contributed by atoms with Crippen molar-refractivity contribution in [2.45, 2.75) is 19.9 Å². The van der Waals surface area contributed by atoms with Crippen LogP contribution in [0.25, 0.3) is 0 Å². The summed E-state index contributed by atoms with van der Waals surface area (Å²) in [7, 11) is 0. The number of halogens is 1. The van der Waals surface area contributed by atoms with Gasteiger partial charge in [-0.2, -0.15) is 0 Å². The van der Waals surface area contributed by atoms with E-state index in [2.05, 4.69) is 48.5 Å². The fourth-order valence-electron chi connectivity index (χ4n) is 1.35. The Morgan fingerprint density at radius 3 is 2.78 bits per heavy atom. The van der Waals surface area contributed by atoms with Crippen molar-refractivity contribution < 1.29 is 0 Å². The molecule has 0 fully saturated rings. The van der Waals surface area contributed by atoms with E-state index in [1.807, 2.05) is 6.20 Å². The van der Waals surface area contributed by atoms with E-state index in [1.54, 1.807) is 11.3 Å². The Morgan fingerprint density at radius 1 is 1.33 bits per heavy atom. The van der Waals surface area contributed by atoms with Gasteiger partial charge < -0.3 is 10.7 Å². The lowest BCUT2D eigenvalue weighted by molar-refractivity contribution is 1.04. The zero-order chi connectivity index (χ0) is 13.0. The van der Waals surface area contributed by atoms with E-state index in [4.69, 9.17) is 5.84 Å². The number of hydrazine groups is 1. The number of nitrogens with two attached hydrogens (primary N) is 1. The van der Waals surface area contributed by atoms with Crippen molar-refractivity contribution in [3.8, 4) is 0 Å². The van der Waals surface area contributed by atoms with E-state index in [1.165, 1.54) is 11.2 Å². The van der Waals surface area contributed by atoms with E-state index < -0.39 is 0 Å². The summed E-state index contributed by atoms with van der Waals surface area (Å²) in [5.41, 5.74) is 2.50.